The molecule has 0 aromatic heterocycles. The van der Waals surface area contributed by atoms with Crippen molar-refractivity contribution in [3.8, 4) is 0 Å². The molecule has 0 saturated carbocycles. The van der Waals surface area contributed by atoms with E-state index in [-0.39, 0.29) is 17.5 Å². The maximum absolute atomic E-state index is 12.7. The minimum atomic E-state index is -0.326. The molecule has 3 aromatic carbocycles. The first-order chi connectivity index (χ1) is 14.7. The average Bonchev–Trinajstić information content (AvgIpc) is 2.80. The van der Waals surface area contributed by atoms with E-state index in [4.69, 9.17) is 0 Å². The fraction of sp³-hybridized carbons (Fsp3) is 0.0769. The standard InChI is InChI=1S/C26H24N2O2/c29-25(23-16-8-3-9-17-23)28-24(18-10-15-21-11-4-1-5-12-21)26(30)27-20-19-22-13-6-2-7-14-22/h1-18H,19-20H2,(H,27,30)(H,28,29). The number of hydrogen-bond donors (Lipinski definition) is 2. The van der Waals surface area contributed by atoms with E-state index < -0.39 is 0 Å². The molecular weight excluding hydrogens is 372 g/mol. The number of amides is 2. The Labute approximate surface area is 177 Å². The molecule has 3 aromatic rings. The Morgan fingerprint density at radius 1 is 0.767 bits per heavy atom. The summed E-state index contributed by atoms with van der Waals surface area (Å²) in [5, 5.41) is 5.61. The van der Waals surface area contributed by atoms with Crippen LogP contribution in [0.2, 0.25) is 0 Å². The molecule has 0 bridgehead atoms. The van der Waals surface area contributed by atoms with Crippen LogP contribution in [0, 0.1) is 0 Å². The van der Waals surface area contributed by atoms with Crippen LogP contribution in [-0.4, -0.2) is 18.4 Å². The summed E-state index contributed by atoms with van der Waals surface area (Å²) in [4.78, 5) is 25.2. The van der Waals surface area contributed by atoms with Gasteiger partial charge in [-0.2, -0.15) is 0 Å². The molecular formula is C26H24N2O2. The van der Waals surface area contributed by atoms with E-state index in [1.165, 1.54) is 0 Å². The largest absolute Gasteiger partial charge is 0.350 e. The maximum Gasteiger partial charge on any atom is 0.267 e. The molecule has 0 atom stereocenters. The van der Waals surface area contributed by atoms with Gasteiger partial charge in [0.05, 0.1) is 0 Å². The minimum absolute atomic E-state index is 0.198. The van der Waals surface area contributed by atoms with Gasteiger partial charge in [0.15, 0.2) is 0 Å². The molecule has 2 N–H and O–H groups in total. The van der Waals surface area contributed by atoms with Crippen LogP contribution in [0.25, 0.3) is 6.08 Å². The van der Waals surface area contributed by atoms with Gasteiger partial charge in [0, 0.05) is 12.1 Å². The molecule has 0 heterocycles. The Hall–Kier alpha value is -3.92. The fourth-order valence-electron chi connectivity index (χ4n) is 2.84. The maximum atomic E-state index is 12.7. The second-order valence-electron chi connectivity index (χ2n) is 6.66. The van der Waals surface area contributed by atoms with Crippen molar-refractivity contribution in [3.63, 3.8) is 0 Å². The summed E-state index contributed by atoms with van der Waals surface area (Å²) >= 11 is 0. The fourth-order valence-corrected chi connectivity index (χ4v) is 2.84. The van der Waals surface area contributed by atoms with Crippen LogP contribution in [0.4, 0.5) is 0 Å². The van der Waals surface area contributed by atoms with Crippen molar-refractivity contribution in [3.05, 3.63) is 126 Å². The third kappa shape index (κ3) is 6.60. The number of allylic oxidation sites excluding steroid dienone is 2. The predicted octanol–water partition coefficient (Wildman–Crippen LogP) is 4.37. The molecule has 0 aliphatic carbocycles. The highest BCUT2D eigenvalue weighted by molar-refractivity contribution is 6.03. The second-order valence-corrected chi connectivity index (χ2v) is 6.66. The molecule has 150 valence electrons. The lowest BCUT2D eigenvalue weighted by molar-refractivity contribution is -0.117. The predicted molar refractivity (Wildman–Crippen MR) is 121 cm³/mol. The minimum Gasteiger partial charge on any atom is -0.350 e. The first kappa shape index (κ1) is 20.8. The lowest BCUT2D eigenvalue weighted by Gasteiger charge is -2.10. The topological polar surface area (TPSA) is 58.2 Å². The van der Waals surface area contributed by atoms with E-state index in [0.29, 0.717) is 18.5 Å². The molecule has 0 saturated heterocycles. The summed E-state index contributed by atoms with van der Waals surface area (Å²) in [6.45, 7) is 0.476. The molecule has 2 amide bonds. The van der Waals surface area contributed by atoms with Gasteiger partial charge >= 0.3 is 0 Å². The number of hydrogen-bond acceptors (Lipinski definition) is 2. The summed E-state index contributed by atoms with van der Waals surface area (Å²) < 4.78 is 0. The highest BCUT2D eigenvalue weighted by Gasteiger charge is 2.13. The van der Waals surface area contributed by atoms with Crippen molar-refractivity contribution in [2.24, 2.45) is 0 Å². The molecule has 30 heavy (non-hydrogen) atoms. The van der Waals surface area contributed by atoms with Crippen LogP contribution in [0.3, 0.4) is 0 Å². The van der Waals surface area contributed by atoms with Crippen molar-refractivity contribution in [2.45, 2.75) is 6.42 Å². The molecule has 4 heteroatoms. The van der Waals surface area contributed by atoms with Crippen LogP contribution in [0.5, 0.6) is 0 Å². The van der Waals surface area contributed by atoms with Gasteiger partial charge in [0.2, 0.25) is 0 Å². The van der Waals surface area contributed by atoms with Crippen molar-refractivity contribution >= 4 is 17.9 Å². The Kier molecular flexibility index (Phi) is 7.75. The van der Waals surface area contributed by atoms with Crippen LogP contribution < -0.4 is 10.6 Å². The normalized spacial score (nSPS) is 11.3. The highest BCUT2D eigenvalue weighted by atomic mass is 16.2. The lowest BCUT2D eigenvalue weighted by atomic mass is 10.1. The van der Waals surface area contributed by atoms with Gasteiger partial charge in [-0.1, -0.05) is 91.0 Å². The summed E-state index contributed by atoms with van der Waals surface area (Å²) in [5.74, 6) is -0.652. The van der Waals surface area contributed by atoms with Crippen molar-refractivity contribution in [1.29, 1.82) is 0 Å². The second kappa shape index (κ2) is 11.2. The summed E-state index contributed by atoms with van der Waals surface area (Å²) in [6.07, 6.45) is 5.97. The summed E-state index contributed by atoms with van der Waals surface area (Å²) in [7, 11) is 0. The number of benzene rings is 3. The molecule has 0 radical (unpaired) electrons. The van der Waals surface area contributed by atoms with Crippen molar-refractivity contribution in [1.82, 2.24) is 10.6 Å². The van der Waals surface area contributed by atoms with Crippen molar-refractivity contribution < 1.29 is 9.59 Å². The first-order valence-electron chi connectivity index (χ1n) is 9.84. The van der Waals surface area contributed by atoms with Crippen molar-refractivity contribution in [2.75, 3.05) is 6.54 Å². The summed E-state index contributed by atoms with van der Waals surface area (Å²) in [5.41, 5.74) is 2.84. The van der Waals surface area contributed by atoms with E-state index in [1.54, 1.807) is 36.4 Å². The number of nitrogens with one attached hydrogen (secondary N) is 2. The SMILES string of the molecule is O=C(NCCc1ccccc1)C(=CC=Cc1ccccc1)NC(=O)c1ccccc1. The Bertz CT molecular complexity index is 1010. The van der Waals surface area contributed by atoms with Crippen LogP contribution >= 0.6 is 0 Å². The zero-order valence-electron chi connectivity index (χ0n) is 16.6. The third-order valence-electron chi connectivity index (χ3n) is 4.42. The van der Waals surface area contributed by atoms with Gasteiger partial charge in [-0.15, -0.1) is 0 Å². The zero-order valence-corrected chi connectivity index (χ0v) is 16.6. The number of rotatable bonds is 8. The zero-order chi connectivity index (χ0) is 21.0. The first-order valence-corrected chi connectivity index (χ1v) is 9.84. The molecule has 4 nitrogen and oxygen atoms in total. The lowest BCUT2D eigenvalue weighted by Crippen LogP contribution is -2.35. The molecule has 0 unspecified atom stereocenters. The van der Waals surface area contributed by atoms with E-state index in [2.05, 4.69) is 10.6 Å². The van der Waals surface area contributed by atoms with E-state index >= 15 is 0 Å². The molecule has 3 rings (SSSR count). The number of carbonyl (C=O) groups excluding carboxylic acids is 2. The molecule has 0 fully saturated rings. The smallest absolute Gasteiger partial charge is 0.267 e. The number of carbonyl (C=O) groups is 2. The Morgan fingerprint density at radius 3 is 2.03 bits per heavy atom. The van der Waals surface area contributed by atoms with Gasteiger partial charge in [-0.05, 0) is 35.8 Å². The third-order valence-corrected chi connectivity index (χ3v) is 4.42. The van der Waals surface area contributed by atoms with Crippen LogP contribution in [0.1, 0.15) is 21.5 Å². The molecule has 0 aliphatic rings. The van der Waals surface area contributed by atoms with E-state index in [9.17, 15) is 9.59 Å². The van der Waals surface area contributed by atoms with E-state index in [1.807, 2.05) is 72.8 Å². The van der Waals surface area contributed by atoms with Crippen LogP contribution in [0.15, 0.2) is 109 Å². The quantitative estimate of drug-likeness (QED) is 0.439. The van der Waals surface area contributed by atoms with E-state index in [0.717, 1.165) is 11.1 Å². The van der Waals surface area contributed by atoms with Crippen LogP contribution in [-0.2, 0) is 11.2 Å². The molecule has 0 aliphatic heterocycles. The van der Waals surface area contributed by atoms with Gasteiger partial charge < -0.3 is 10.6 Å². The van der Waals surface area contributed by atoms with Gasteiger partial charge in [0.25, 0.3) is 11.8 Å². The highest BCUT2D eigenvalue weighted by Crippen LogP contribution is 2.04. The Morgan fingerprint density at radius 2 is 1.37 bits per heavy atom. The average molecular weight is 396 g/mol. The Balaban J connectivity index is 1.68. The monoisotopic (exact) mass is 396 g/mol. The molecule has 0 spiro atoms. The van der Waals surface area contributed by atoms with Gasteiger partial charge in [0.1, 0.15) is 5.70 Å². The summed E-state index contributed by atoms with van der Waals surface area (Å²) in [6, 6.07) is 28.5. The van der Waals surface area contributed by atoms with Gasteiger partial charge in [-0.3, -0.25) is 9.59 Å². The van der Waals surface area contributed by atoms with Gasteiger partial charge in [-0.25, -0.2) is 0 Å².